The minimum atomic E-state index is -5.21. The number of likely N-dealkylation sites (N-methyl/N-ethyl adjacent to an activating group) is 1. The SMILES string of the molecule is COc1cccc([C@@](O)(C(=O)N(C)CCC2CCC23CCN(c2ccc(C(=O)N4CC4)c(Cl)c2)CC3)C(F)(F)F)c1. The molecular formula is C30H35ClF3N3O4. The summed E-state index contributed by atoms with van der Waals surface area (Å²) < 4.78 is 47.4. The van der Waals surface area contributed by atoms with Crippen molar-refractivity contribution in [2.75, 3.05) is 51.8 Å². The number of hydrogen-bond acceptors (Lipinski definition) is 5. The van der Waals surface area contributed by atoms with E-state index in [1.54, 1.807) is 11.0 Å². The molecule has 1 N–H and O–H groups in total. The van der Waals surface area contributed by atoms with E-state index < -0.39 is 23.2 Å². The summed E-state index contributed by atoms with van der Waals surface area (Å²) in [5, 5.41) is 11.2. The number of amides is 2. The van der Waals surface area contributed by atoms with E-state index in [9.17, 15) is 27.9 Å². The second-order valence-corrected chi connectivity index (χ2v) is 11.9. The lowest BCUT2D eigenvalue weighted by atomic mass is 9.54. The lowest BCUT2D eigenvalue weighted by molar-refractivity contribution is -0.261. The van der Waals surface area contributed by atoms with Crippen molar-refractivity contribution in [3.63, 3.8) is 0 Å². The molecule has 1 spiro atoms. The van der Waals surface area contributed by atoms with Gasteiger partial charge >= 0.3 is 6.18 Å². The number of nitrogens with zero attached hydrogens (tertiary/aromatic N) is 3. The lowest BCUT2D eigenvalue weighted by Crippen LogP contribution is -2.55. The summed E-state index contributed by atoms with van der Waals surface area (Å²) in [6.45, 7) is 3.26. The molecule has 2 heterocycles. The number of benzene rings is 2. The fourth-order valence-corrected chi connectivity index (χ4v) is 6.61. The molecular weight excluding hydrogens is 559 g/mol. The van der Waals surface area contributed by atoms with Gasteiger partial charge in [0.2, 0.25) is 0 Å². The molecule has 2 atom stereocenters. The van der Waals surface area contributed by atoms with E-state index in [0.717, 1.165) is 74.6 Å². The third-order valence-electron chi connectivity index (χ3n) is 9.27. The molecule has 0 bridgehead atoms. The van der Waals surface area contributed by atoms with E-state index in [2.05, 4.69) is 4.90 Å². The number of alkyl halides is 3. The Bertz CT molecular complexity index is 1310. The minimum absolute atomic E-state index is 0.0444. The minimum Gasteiger partial charge on any atom is -0.497 e. The van der Waals surface area contributed by atoms with Crippen LogP contribution in [0.25, 0.3) is 0 Å². The van der Waals surface area contributed by atoms with Crippen molar-refractivity contribution < 1.29 is 32.6 Å². The van der Waals surface area contributed by atoms with Crippen molar-refractivity contribution in [1.82, 2.24) is 9.80 Å². The molecule has 1 unspecified atom stereocenters. The molecule has 1 saturated carbocycles. The molecule has 3 aliphatic rings. The Hall–Kier alpha value is -2.98. The molecule has 41 heavy (non-hydrogen) atoms. The highest BCUT2D eigenvalue weighted by atomic mass is 35.5. The largest absolute Gasteiger partial charge is 0.497 e. The summed E-state index contributed by atoms with van der Waals surface area (Å²) in [6.07, 6.45) is -0.786. The monoisotopic (exact) mass is 593 g/mol. The number of piperidine rings is 1. The second-order valence-electron chi connectivity index (χ2n) is 11.5. The van der Waals surface area contributed by atoms with Crippen molar-refractivity contribution in [2.24, 2.45) is 11.3 Å². The first-order valence-corrected chi connectivity index (χ1v) is 14.3. The molecule has 2 aromatic rings. The summed E-state index contributed by atoms with van der Waals surface area (Å²) >= 11 is 6.44. The zero-order valence-electron chi connectivity index (χ0n) is 23.2. The molecule has 2 aromatic carbocycles. The van der Waals surface area contributed by atoms with Crippen LogP contribution in [0.5, 0.6) is 5.75 Å². The molecule has 0 aromatic heterocycles. The van der Waals surface area contributed by atoms with Gasteiger partial charge in [-0.05, 0) is 73.8 Å². The number of methoxy groups -OCH3 is 1. The van der Waals surface area contributed by atoms with Gasteiger partial charge in [0.05, 0.1) is 17.7 Å². The van der Waals surface area contributed by atoms with Crippen LogP contribution in [0, 0.1) is 11.3 Å². The van der Waals surface area contributed by atoms with Gasteiger partial charge < -0.3 is 24.5 Å². The number of hydrogen-bond donors (Lipinski definition) is 1. The molecule has 3 fully saturated rings. The standard InChI is InChI=1S/C30H35ClF3N3O4/c1-35(27(39)29(40,30(32,33)34)21-4-3-5-23(18-21)41-2)13-9-20-8-10-28(20)11-14-36(15-12-28)22-6-7-24(25(31)19-22)26(38)37-16-17-37/h3-7,18-20,40H,8-17H2,1-2H3/t20?,29-/m1/s1. The first-order chi connectivity index (χ1) is 19.4. The van der Waals surface area contributed by atoms with E-state index in [1.165, 1.54) is 26.3 Å². The molecule has 2 amide bonds. The highest BCUT2D eigenvalue weighted by molar-refractivity contribution is 6.34. The molecule has 2 saturated heterocycles. The van der Waals surface area contributed by atoms with Gasteiger partial charge in [-0.1, -0.05) is 23.7 Å². The Morgan fingerprint density at radius 2 is 1.80 bits per heavy atom. The first-order valence-electron chi connectivity index (χ1n) is 13.9. The van der Waals surface area contributed by atoms with E-state index in [0.29, 0.717) is 17.0 Å². The summed E-state index contributed by atoms with van der Waals surface area (Å²) in [7, 11) is 2.62. The number of aliphatic hydroxyl groups is 1. The third-order valence-corrected chi connectivity index (χ3v) is 9.58. The zero-order valence-corrected chi connectivity index (χ0v) is 24.0. The lowest BCUT2D eigenvalue weighted by Gasteiger charge is -2.55. The fraction of sp³-hybridized carbons (Fsp3) is 0.533. The van der Waals surface area contributed by atoms with Crippen LogP contribution in [-0.4, -0.2) is 79.8 Å². The van der Waals surface area contributed by atoms with Crippen molar-refractivity contribution in [1.29, 1.82) is 0 Å². The molecule has 11 heteroatoms. The fourth-order valence-electron chi connectivity index (χ4n) is 6.36. The third kappa shape index (κ3) is 5.48. The second kappa shape index (κ2) is 11.0. The highest BCUT2D eigenvalue weighted by Gasteiger charge is 2.62. The topological polar surface area (TPSA) is 73.1 Å². The van der Waals surface area contributed by atoms with Crippen molar-refractivity contribution in [2.45, 2.75) is 43.9 Å². The van der Waals surface area contributed by atoms with Gasteiger partial charge in [-0.3, -0.25) is 9.59 Å². The Balaban J connectivity index is 1.19. The van der Waals surface area contributed by atoms with Gasteiger partial charge in [0, 0.05) is 51.0 Å². The smallest absolute Gasteiger partial charge is 0.430 e. The number of carbonyl (C=O) groups excluding carboxylic acids is 2. The Labute approximate surface area is 242 Å². The summed E-state index contributed by atoms with van der Waals surface area (Å²) in [6, 6.07) is 10.5. The Morgan fingerprint density at radius 1 is 1.10 bits per heavy atom. The van der Waals surface area contributed by atoms with E-state index in [1.807, 2.05) is 12.1 Å². The normalized spacial score (nSPS) is 21.2. The summed E-state index contributed by atoms with van der Waals surface area (Å²) in [5.74, 6) is -1.05. The van der Waals surface area contributed by atoms with Crippen LogP contribution in [0.2, 0.25) is 5.02 Å². The quantitative estimate of drug-likeness (QED) is 0.431. The van der Waals surface area contributed by atoms with Crippen LogP contribution in [0.3, 0.4) is 0 Å². The summed E-state index contributed by atoms with van der Waals surface area (Å²) in [4.78, 5) is 30.5. The van der Waals surface area contributed by atoms with Crippen LogP contribution >= 0.6 is 11.6 Å². The maximum atomic E-state index is 14.1. The van der Waals surface area contributed by atoms with Gasteiger partial charge in [-0.15, -0.1) is 0 Å². The number of ether oxygens (including phenoxy) is 1. The van der Waals surface area contributed by atoms with Crippen LogP contribution in [-0.2, 0) is 10.4 Å². The Morgan fingerprint density at radius 3 is 2.37 bits per heavy atom. The van der Waals surface area contributed by atoms with Crippen LogP contribution in [0.15, 0.2) is 42.5 Å². The Kier molecular flexibility index (Phi) is 7.93. The van der Waals surface area contributed by atoms with Crippen molar-refractivity contribution in [3.05, 3.63) is 58.6 Å². The van der Waals surface area contributed by atoms with Gasteiger partial charge in [-0.25, -0.2) is 0 Å². The highest BCUT2D eigenvalue weighted by Crippen LogP contribution is 2.55. The first kappa shape index (κ1) is 29.5. The average molecular weight is 594 g/mol. The molecule has 0 radical (unpaired) electrons. The maximum absolute atomic E-state index is 14.1. The number of halogens is 4. The predicted octanol–water partition coefficient (Wildman–Crippen LogP) is 5.10. The van der Waals surface area contributed by atoms with Gasteiger partial charge in [0.1, 0.15) is 5.75 Å². The number of carbonyl (C=O) groups is 2. The predicted molar refractivity (Wildman–Crippen MR) is 149 cm³/mol. The number of rotatable bonds is 8. The van der Waals surface area contributed by atoms with Crippen LogP contribution < -0.4 is 9.64 Å². The molecule has 2 aliphatic heterocycles. The van der Waals surface area contributed by atoms with Gasteiger partial charge in [0.25, 0.3) is 17.4 Å². The number of anilines is 1. The summed E-state index contributed by atoms with van der Waals surface area (Å²) in [5.41, 5.74) is -2.67. The van der Waals surface area contributed by atoms with Crippen molar-refractivity contribution >= 4 is 29.1 Å². The van der Waals surface area contributed by atoms with Gasteiger partial charge in [-0.2, -0.15) is 13.2 Å². The molecule has 222 valence electrons. The molecule has 5 rings (SSSR count). The molecule has 1 aliphatic carbocycles. The average Bonchev–Trinajstić information content (AvgIpc) is 3.80. The van der Waals surface area contributed by atoms with Crippen LogP contribution in [0.1, 0.15) is 48.0 Å². The van der Waals surface area contributed by atoms with Crippen molar-refractivity contribution in [3.8, 4) is 5.75 Å². The zero-order chi connectivity index (χ0) is 29.6. The van der Waals surface area contributed by atoms with E-state index in [4.69, 9.17) is 16.3 Å². The maximum Gasteiger partial charge on any atom is 0.430 e. The molecule has 7 nitrogen and oxygen atoms in total. The van der Waals surface area contributed by atoms with Crippen LogP contribution in [0.4, 0.5) is 18.9 Å². The van der Waals surface area contributed by atoms with Gasteiger partial charge in [0.15, 0.2) is 0 Å². The van der Waals surface area contributed by atoms with E-state index >= 15 is 0 Å². The van der Waals surface area contributed by atoms with E-state index in [-0.39, 0.29) is 29.5 Å².